The Kier molecular flexibility index (Phi) is 1.96. The molecule has 1 unspecified atom stereocenters. The third-order valence-corrected chi connectivity index (χ3v) is 3.63. The molecule has 4 rings (SSSR count). The molecule has 2 heterocycles. The lowest BCUT2D eigenvalue weighted by atomic mass is 10.0. The average Bonchev–Trinajstić information content (AvgIpc) is 2.77. The van der Waals surface area contributed by atoms with Gasteiger partial charge in [-0.2, -0.15) is 0 Å². The molecule has 2 aromatic carbocycles. The number of phenols is 1. The molecule has 2 aliphatic heterocycles. The summed E-state index contributed by atoms with van der Waals surface area (Å²) in [5.74, 6) is 1.05. The molecule has 0 radical (unpaired) electrons. The molecule has 0 fully saturated rings. The molecule has 0 aliphatic carbocycles. The van der Waals surface area contributed by atoms with E-state index in [1.54, 1.807) is 18.2 Å². The summed E-state index contributed by atoms with van der Waals surface area (Å²) in [5.41, 5.74) is 2.79. The first kappa shape index (κ1) is 10.5. The number of nitrogens with one attached hydrogen (secondary N) is 1. The second-order valence-corrected chi connectivity index (χ2v) is 5.01. The predicted molar refractivity (Wildman–Crippen MR) is 74.3 cm³/mol. The maximum absolute atomic E-state index is 9.48. The number of benzene rings is 2. The number of rotatable bonds is 0. The van der Waals surface area contributed by atoms with Gasteiger partial charge in [-0.25, -0.2) is 0 Å². The largest absolute Gasteiger partial charge is 0.508 e. The molecule has 19 heavy (non-hydrogen) atoms. The molecule has 2 aromatic rings. The first-order valence-corrected chi connectivity index (χ1v) is 6.32. The highest BCUT2D eigenvalue weighted by Gasteiger charge is 2.38. The van der Waals surface area contributed by atoms with Crippen LogP contribution in [0.4, 0.5) is 5.69 Å². The molecule has 0 bridgehead atoms. The average molecular weight is 251 g/mol. The van der Waals surface area contributed by atoms with Crippen LogP contribution in [0.3, 0.4) is 0 Å². The van der Waals surface area contributed by atoms with Crippen molar-refractivity contribution >= 4 is 11.8 Å². The van der Waals surface area contributed by atoms with E-state index in [9.17, 15) is 5.11 Å². The summed E-state index contributed by atoms with van der Waals surface area (Å²) in [6.07, 6.45) is 4.83. The molecule has 0 saturated carbocycles. The van der Waals surface area contributed by atoms with Crippen LogP contribution >= 0.6 is 0 Å². The van der Waals surface area contributed by atoms with Gasteiger partial charge in [-0.3, -0.25) is 0 Å². The molecule has 0 amide bonds. The van der Waals surface area contributed by atoms with Gasteiger partial charge in [-0.1, -0.05) is 18.2 Å². The minimum absolute atomic E-state index is 0.255. The van der Waals surface area contributed by atoms with E-state index in [-0.39, 0.29) is 5.75 Å². The first-order valence-electron chi connectivity index (χ1n) is 6.32. The Morgan fingerprint density at radius 3 is 2.95 bits per heavy atom. The Morgan fingerprint density at radius 2 is 2.05 bits per heavy atom. The molecular weight excluding hydrogens is 238 g/mol. The maximum atomic E-state index is 9.48. The van der Waals surface area contributed by atoms with Crippen molar-refractivity contribution in [3.05, 3.63) is 59.7 Å². The summed E-state index contributed by atoms with van der Waals surface area (Å²) in [6.45, 7) is 0. The molecule has 3 heteroatoms. The van der Waals surface area contributed by atoms with Gasteiger partial charge in [0.2, 0.25) is 5.72 Å². The van der Waals surface area contributed by atoms with E-state index in [1.165, 1.54) is 5.56 Å². The Hall–Kier alpha value is -2.42. The van der Waals surface area contributed by atoms with E-state index in [0.29, 0.717) is 0 Å². The number of phenolic OH excluding ortho intramolecular Hbond substituents is 1. The summed E-state index contributed by atoms with van der Waals surface area (Å²) in [4.78, 5) is 0. The lowest BCUT2D eigenvalue weighted by Gasteiger charge is -2.31. The number of aromatic hydroxyl groups is 1. The number of ether oxygens (including phenoxy) is 1. The van der Waals surface area contributed by atoms with Crippen LogP contribution in [0.15, 0.2) is 48.5 Å². The summed E-state index contributed by atoms with van der Waals surface area (Å²) >= 11 is 0. The summed E-state index contributed by atoms with van der Waals surface area (Å²) in [7, 11) is 0. The lowest BCUT2D eigenvalue weighted by Crippen LogP contribution is -2.41. The summed E-state index contributed by atoms with van der Waals surface area (Å²) in [6, 6.07) is 13.4. The van der Waals surface area contributed by atoms with Crippen molar-refractivity contribution in [2.45, 2.75) is 12.1 Å². The highest BCUT2D eigenvalue weighted by molar-refractivity contribution is 5.68. The van der Waals surface area contributed by atoms with E-state index < -0.39 is 5.72 Å². The van der Waals surface area contributed by atoms with Crippen LogP contribution in [-0.2, 0) is 6.42 Å². The maximum Gasteiger partial charge on any atom is 0.204 e. The number of fused-ring (bicyclic) bond motifs is 2. The van der Waals surface area contributed by atoms with Crippen LogP contribution < -0.4 is 10.1 Å². The molecule has 1 spiro atoms. The first-order chi connectivity index (χ1) is 9.24. The molecule has 0 saturated heterocycles. The van der Waals surface area contributed by atoms with Crippen molar-refractivity contribution in [3.63, 3.8) is 0 Å². The Bertz CT molecular complexity index is 666. The molecular formula is C16H13NO2. The van der Waals surface area contributed by atoms with Crippen molar-refractivity contribution in [2.24, 2.45) is 0 Å². The van der Waals surface area contributed by atoms with Crippen LogP contribution in [0.25, 0.3) is 6.08 Å². The van der Waals surface area contributed by atoms with Crippen molar-refractivity contribution < 1.29 is 9.84 Å². The normalized spacial score (nSPS) is 22.5. The van der Waals surface area contributed by atoms with Gasteiger partial charge < -0.3 is 15.2 Å². The van der Waals surface area contributed by atoms with E-state index in [0.717, 1.165) is 23.4 Å². The molecule has 1 atom stereocenters. The summed E-state index contributed by atoms with van der Waals surface area (Å²) in [5, 5.41) is 12.9. The second-order valence-electron chi connectivity index (χ2n) is 5.01. The SMILES string of the molecule is Oc1ccc2c(c1)C=CC1(Cc3ccccc3N1)O2. The van der Waals surface area contributed by atoms with Gasteiger partial charge in [-0.05, 0) is 42.0 Å². The van der Waals surface area contributed by atoms with E-state index >= 15 is 0 Å². The van der Waals surface area contributed by atoms with Crippen molar-refractivity contribution in [1.82, 2.24) is 0 Å². The highest BCUT2D eigenvalue weighted by atomic mass is 16.5. The van der Waals surface area contributed by atoms with Gasteiger partial charge in [0.25, 0.3) is 0 Å². The monoisotopic (exact) mass is 251 g/mol. The molecule has 3 nitrogen and oxygen atoms in total. The zero-order chi connectivity index (χ0) is 12.9. The van der Waals surface area contributed by atoms with Crippen LogP contribution in [-0.4, -0.2) is 10.8 Å². The van der Waals surface area contributed by atoms with E-state index in [1.807, 2.05) is 24.3 Å². The number of hydrogen-bond acceptors (Lipinski definition) is 3. The molecule has 2 aliphatic rings. The third-order valence-electron chi connectivity index (χ3n) is 3.63. The van der Waals surface area contributed by atoms with Gasteiger partial charge in [0.05, 0.1) is 0 Å². The minimum Gasteiger partial charge on any atom is -0.508 e. The standard InChI is InChI=1S/C16H13NO2/c18-13-5-6-15-11(9-13)7-8-16(19-15)10-12-3-1-2-4-14(12)17-16/h1-9,17-18H,10H2. The Morgan fingerprint density at radius 1 is 1.16 bits per heavy atom. The van der Waals surface area contributed by atoms with Crippen molar-refractivity contribution in [3.8, 4) is 11.5 Å². The molecule has 0 aromatic heterocycles. The fourth-order valence-electron chi connectivity index (χ4n) is 2.73. The zero-order valence-electron chi connectivity index (χ0n) is 10.3. The predicted octanol–water partition coefficient (Wildman–Crippen LogP) is 3.16. The van der Waals surface area contributed by atoms with Crippen LogP contribution in [0.5, 0.6) is 11.5 Å². The zero-order valence-corrected chi connectivity index (χ0v) is 10.3. The van der Waals surface area contributed by atoms with Crippen LogP contribution in [0.2, 0.25) is 0 Å². The number of hydrogen-bond donors (Lipinski definition) is 2. The fourth-order valence-corrected chi connectivity index (χ4v) is 2.73. The van der Waals surface area contributed by atoms with Crippen LogP contribution in [0.1, 0.15) is 11.1 Å². The highest BCUT2D eigenvalue weighted by Crippen LogP contribution is 2.40. The minimum atomic E-state index is -0.492. The second kappa shape index (κ2) is 3.54. The lowest BCUT2D eigenvalue weighted by molar-refractivity contribution is 0.155. The quantitative estimate of drug-likeness (QED) is 0.755. The van der Waals surface area contributed by atoms with Gasteiger partial charge in [-0.15, -0.1) is 0 Å². The Balaban J connectivity index is 1.73. The Labute approximate surface area is 111 Å². The number of para-hydroxylation sites is 1. The van der Waals surface area contributed by atoms with E-state index in [4.69, 9.17) is 4.74 Å². The molecule has 94 valence electrons. The molecule has 2 N–H and O–H groups in total. The topological polar surface area (TPSA) is 41.5 Å². The third kappa shape index (κ3) is 1.58. The van der Waals surface area contributed by atoms with Gasteiger partial charge >= 0.3 is 0 Å². The van der Waals surface area contributed by atoms with Crippen LogP contribution in [0, 0.1) is 0 Å². The number of anilines is 1. The summed E-state index contributed by atoms with van der Waals surface area (Å²) < 4.78 is 6.11. The van der Waals surface area contributed by atoms with Gasteiger partial charge in [0.15, 0.2) is 0 Å². The van der Waals surface area contributed by atoms with Crippen molar-refractivity contribution in [1.29, 1.82) is 0 Å². The fraction of sp³-hybridized carbons (Fsp3) is 0.125. The van der Waals surface area contributed by atoms with Gasteiger partial charge in [0.1, 0.15) is 11.5 Å². The van der Waals surface area contributed by atoms with Gasteiger partial charge in [0, 0.05) is 17.7 Å². The van der Waals surface area contributed by atoms with Crippen molar-refractivity contribution in [2.75, 3.05) is 5.32 Å². The smallest absolute Gasteiger partial charge is 0.204 e. The van der Waals surface area contributed by atoms with E-state index in [2.05, 4.69) is 17.4 Å².